The Morgan fingerprint density at radius 1 is 0.957 bits per heavy atom. The minimum Gasteiger partial charge on any atom is -0.472 e. The van der Waals surface area contributed by atoms with Crippen molar-refractivity contribution in [2.24, 2.45) is 39.9 Å². The number of fused-ring (bicyclic) bond motifs is 5. The van der Waals surface area contributed by atoms with E-state index in [9.17, 15) is 39.3 Å². The molecule has 47 heavy (non-hydrogen) atoms. The van der Waals surface area contributed by atoms with Crippen molar-refractivity contribution in [1.29, 1.82) is 0 Å². The van der Waals surface area contributed by atoms with Crippen molar-refractivity contribution in [2.45, 2.75) is 103 Å². The topological polar surface area (TPSA) is 205 Å². The Morgan fingerprint density at radius 3 is 2.13 bits per heavy atom. The van der Waals surface area contributed by atoms with Gasteiger partial charge >= 0.3 is 29.8 Å². The van der Waals surface area contributed by atoms with Crippen LogP contribution in [-0.2, 0) is 47.7 Å². The summed E-state index contributed by atoms with van der Waals surface area (Å²) in [6.45, 7) is 8.55. The van der Waals surface area contributed by atoms with Crippen LogP contribution in [0.2, 0.25) is 0 Å². The van der Waals surface area contributed by atoms with E-state index in [1.165, 1.54) is 26.4 Å². The summed E-state index contributed by atoms with van der Waals surface area (Å²) in [5, 5.41) is 38.1. The monoisotopic (exact) mass is 662 g/mol. The molecule has 1 aromatic heterocycles. The number of hydrogen-bond acceptors (Lipinski definition) is 14. The van der Waals surface area contributed by atoms with Gasteiger partial charge in [-0.05, 0) is 18.9 Å². The average molecular weight is 663 g/mol. The number of rotatable bonds is 6. The number of furan rings is 1. The van der Waals surface area contributed by atoms with Gasteiger partial charge in [-0.2, -0.15) is 0 Å². The number of aliphatic hydroxyl groups excluding tert-OH is 1. The van der Waals surface area contributed by atoms with Crippen molar-refractivity contribution < 1.29 is 67.4 Å². The second kappa shape index (κ2) is 10.5. The summed E-state index contributed by atoms with van der Waals surface area (Å²) in [7, 11) is 1.10. The molecule has 0 aromatic carbocycles. The molecule has 2 bridgehead atoms. The largest absolute Gasteiger partial charge is 0.472 e. The molecule has 0 unspecified atom stereocenters. The van der Waals surface area contributed by atoms with Crippen molar-refractivity contribution in [3.63, 3.8) is 0 Å². The van der Waals surface area contributed by atoms with Gasteiger partial charge in [-0.3, -0.25) is 19.2 Å². The maximum atomic E-state index is 13.5. The molecule has 0 spiro atoms. The number of cyclic esters (lactones) is 1. The quantitative estimate of drug-likeness (QED) is 0.291. The summed E-state index contributed by atoms with van der Waals surface area (Å²) >= 11 is 0. The highest BCUT2D eigenvalue weighted by atomic mass is 16.6. The first kappa shape index (κ1) is 33.4. The molecule has 2 heterocycles. The van der Waals surface area contributed by atoms with Gasteiger partial charge in [0.15, 0.2) is 6.10 Å². The lowest BCUT2D eigenvalue weighted by atomic mass is 9.36. The van der Waals surface area contributed by atoms with Crippen LogP contribution in [0.25, 0.3) is 0 Å². The normalized spacial score (nSPS) is 46.7. The lowest BCUT2D eigenvalue weighted by Gasteiger charge is -2.72. The van der Waals surface area contributed by atoms with Gasteiger partial charge < -0.3 is 43.4 Å². The molecule has 5 aliphatic rings. The molecule has 3 N–H and O–H groups in total. The third-order valence-corrected chi connectivity index (χ3v) is 12.7. The van der Waals surface area contributed by atoms with Crippen LogP contribution in [0.15, 0.2) is 23.0 Å². The third kappa shape index (κ3) is 4.10. The van der Waals surface area contributed by atoms with Crippen LogP contribution in [0, 0.1) is 39.9 Å². The number of carbonyl (C=O) groups is 5. The van der Waals surface area contributed by atoms with Crippen molar-refractivity contribution in [3.05, 3.63) is 24.2 Å². The fraction of sp³-hybridized carbons (Fsp3) is 0.727. The van der Waals surface area contributed by atoms with Gasteiger partial charge in [-0.25, -0.2) is 4.79 Å². The molecule has 4 saturated carbocycles. The zero-order valence-corrected chi connectivity index (χ0v) is 27.4. The average Bonchev–Trinajstić information content (AvgIpc) is 3.62. The summed E-state index contributed by atoms with van der Waals surface area (Å²) in [6, 6.07) is 1.59. The second-order valence-corrected chi connectivity index (χ2v) is 14.7. The molecule has 14 heteroatoms. The zero-order chi connectivity index (χ0) is 34.6. The summed E-state index contributed by atoms with van der Waals surface area (Å²) in [5.41, 5.74) is -7.92. The Balaban J connectivity index is 1.66. The highest BCUT2D eigenvalue weighted by Crippen LogP contribution is 2.81. The minimum atomic E-state index is -2.19. The molecule has 258 valence electrons. The molecule has 14 atom stereocenters. The Labute approximate surface area is 271 Å². The highest BCUT2D eigenvalue weighted by Gasteiger charge is 2.90. The van der Waals surface area contributed by atoms with Crippen LogP contribution in [0.5, 0.6) is 0 Å². The molecule has 0 radical (unpaired) electrons. The molecule has 6 rings (SSSR count). The SMILES string of the molecule is COC(=O)[C@H](O)[C@H]1[C@]2(C)C[C@@]3(O)[C@@H]([C@H]2OC(C)=O)[C@@H](OC(C)=O)[C@]2(O)[C@@H]4CC(=O)O[C@@H](c5ccoc5)[C@]4(C)[C@@H](OC(C)=O)C[C@H]2[C@]13C. The maximum Gasteiger partial charge on any atom is 0.335 e. The molecule has 1 saturated heterocycles. The van der Waals surface area contributed by atoms with E-state index in [0.717, 1.165) is 14.0 Å². The number of methoxy groups -OCH3 is 1. The Kier molecular flexibility index (Phi) is 7.47. The number of carbonyl (C=O) groups excluding carboxylic acids is 5. The smallest absolute Gasteiger partial charge is 0.335 e. The van der Waals surface area contributed by atoms with Crippen molar-refractivity contribution in [3.8, 4) is 0 Å². The molecule has 0 amide bonds. The first-order valence-electron chi connectivity index (χ1n) is 15.8. The van der Waals surface area contributed by atoms with Gasteiger partial charge in [0.25, 0.3) is 0 Å². The summed E-state index contributed by atoms with van der Waals surface area (Å²) in [6.07, 6.45) is -4.71. The number of esters is 5. The lowest BCUT2D eigenvalue weighted by Crippen LogP contribution is -2.83. The van der Waals surface area contributed by atoms with Crippen LogP contribution in [0.3, 0.4) is 0 Å². The predicted octanol–water partition coefficient (Wildman–Crippen LogP) is 1.38. The van der Waals surface area contributed by atoms with E-state index >= 15 is 0 Å². The molecule has 4 aliphatic carbocycles. The number of aliphatic hydroxyl groups is 3. The zero-order valence-electron chi connectivity index (χ0n) is 27.4. The van der Waals surface area contributed by atoms with Crippen LogP contribution in [-0.4, -0.2) is 87.9 Å². The fourth-order valence-corrected chi connectivity index (χ4v) is 11.3. The second-order valence-electron chi connectivity index (χ2n) is 14.7. The molecular weight excluding hydrogens is 620 g/mol. The van der Waals surface area contributed by atoms with Gasteiger partial charge in [0.1, 0.15) is 30.0 Å². The standard InChI is InChI=1S/C33H42O14/c1-14(34)44-20-10-19-31(6)24(23(38)28(39)42-7)29(4)13-32(31,40)22(26(29)45-15(2)35)27(46-16(3)36)33(19,41)18-11-21(37)47-25(30(18,20)5)17-8-9-43-12-17/h8-9,12,18-20,22-27,38,40-41H,10-11,13H2,1-7H3/t18-,19+,20+,22+,23-,24+,25+,26-,27-,29+,30+,31-,32-,33+/m1/s1. The first-order chi connectivity index (χ1) is 21.8. The first-order valence-corrected chi connectivity index (χ1v) is 15.8. The van der Waals surface area contributed by atoms with Crippen molar-refractivity contribution >= 4 is 29.8 Å². The molecule has 14 nitrogen and oxygen atoms in total. The summed E-state index contributed by atoms with van der Waals surface area (Å²) < 4.78 is 34.0. The van der Waals surface area contributed by atoms with Gasteiger partial charge in [0, 0.05) is 54.9 Å². The van der Waals surface area contributed by atoms with E-state index in [0.29, 0.717) is 5.56 Å². The van der Waals surface area contributed by atoms with Crippen molar-refractivity contribution in [2.75, 3.05) is 7.11 Å². The van der Waals surface area contributed by atoms with E-state index in [2.05, 4.69) is 0 Å². The van der Waals surface area contributed by atoms with Gasteiger partial charge in [0.2, 0.25) is 0 Å². The molecular formula is C33H42O14. The lowest BCUT2D eigenvalue weighted by molar-refractivity contribution is -0.368. The molecule has 5 fully saturated rings. The third-order valence-electron chi connectivity index (χ3n) is 12.7. The Bertz CT molecular complexity index is 1510. The fourth-order valence-electron chi connectivity index (χ4n) is 11.3. The van der Waals surface area contributed by atoms with E-state index in [1.807, 2.05) is 0 Å². The minimum absolute atomic E-state index is 0.109. The van der Waals surface area contributed by atoms with Crippen LogP contribution >= 0.6 is 0 Å². The maximum absolute atomic E-state index is 13.5. The van der Waals surface area contributed by atoms with Crippen LogP contribution in [0.4, 0.5) is 0 Å². The predicted molar refractivity (Wildman–Crippen MR) is 154 cm³/mol. The van der Waals surface area contributed by atoms with Crippen LogP contribution in [0.1, 0.15) is 72.5 Å². The van der Waals surface area contributed by atoms with Gasteiger partial charge in [0.05, 0.1) is 43.0 Å². The summed E-state index contributed by atoms with van der Waals surface area (Å²) in [4.78, 5) is 64.7. The number of ether oxygens (including phenoxy) is 5. The van der Waals surface area contributed by atoms with E-state index in [1.54, 1.807) is 26.8 Å². The van der Waals surface area contributed by atoms with E-state index < -0.39 is 118 Å². The molecule has 1 aromatic rings. The number of hydrogen-bond donors (Lipinski definition) is 3. The van der Waals surface area contributed by atoms with Crippen molar-refractivity contribution in [1.82, 2.24) is 0 Å². The van der Waals surface area contributed by atoms with E-state index in [4.69, 9.17) is 28.1 Å². The summed E-state index contributed by atoms with van der Waals surface area (Å²) in [5.74, 6) is -8.67. The highest BCUT2D eigenvalue weighted by molar-refractivity contribution is 5.76. The Morgan fingerprint density at radius 2 is 1.57 bits per heavy atom. The molecule has 1 aliphatic heterocycles. The van der Waals surface area contributed by atoms with E-state index in [-0.39, 0.29) is 12.8 Å². The Hall–Kier alpha value is -3.49. The van der Waals surface area contributed by atoms with Gasteiger partial charge in [-0.15, -0.1) is 0 Å². The van der Waals surface area contributed by atoms with Crippen LogP contribution < -0.4 is 0 Å². The van der Waals surface area contributed by atoms with Gasteiger partial charge in [-0.1, -0.05) is 20.8 Å².